The fourth-order valence-electron chi connectivity index (χ4n) is 9.08. The van der Waals surface area contributed by atoms with Gasteiger partial charge >= 0.3 is 0 Å². The Kier molecular flexibility index (Phi) is 11.8. The first kappa shape index (κ1) is 40.4. The lowest BCUT2D eigenvalue weighted by molar-refractivity contribution is -0.134. The molecule has 3 aliphatic heterocycles. The average molecular weight is 818 g/mol. The van der Waals surface area contributed by atoms with Crippen LogP contribution in [0.15, 0.2) is 69.6 Å². The maximum atomic E-state index is 14.4. The van der Waals surface area contributed by atoms with Gasteiger partial charge in [0, 0.05) is 91.5 Å². The van der Waals surface area contributed by atoms with Gasteiger partial charge in [0.2, 0.25) is 23.2 Å². The summed E-state index contributed by atoms with van der Waals surface area (Å²) in [5.74, 6) is -2.63. The van der Waals surface area contributed by atoms with Crippen molar-refractivity contribution in [3.63, 3.8) is 0 Å². The number of piperidine rings is 1. The number of carbonyl (C=O) groups excluding carboxylic acids is 4. The molecule has 57 heavy (non-hydrogen) atoms. The van der Waals surface area contributed by atoms with Gasteiger partial charge in [-0.15, -0.1) is 11.8 Å². The molecule has 302 valence electrons. The Morgan fingerprint density at radius 1 is 1.04 bits per heavy atom. The highest BCUT2D eigenvalue weighted by molar-refractivity contribution is 7.98. The van der Waals surface area contributed by atoms with E-state index in [4.69, 9.17) is 25.8 Å². The molecule has 4 aliphatic rings. The zero-order valence-electron chi connectivity index (χ0n) is 32.6. The lowest BCUT2D eigenvalue weighted by Gasteiger charge is -2.42. The largest absolute Gasteiger partial charge is 0.507 e. The van der Waals surface area contributed by atoms with Gasteiger partial charge in [0.15, 0.2) is 17.3 Å². The summed E-state index contributed by atoms with van der Waals surface area (Å²) in [4.78, 5) is 70.4. The van der Waals surface area contributed by atoms with E-state index in [1.54, 1.807) is 30.8 Å². The van der Waals surface area contributed by atoms with Crippen LogP contribution < -0.4 is 25.1 Å². The molecule has 1 aliphatic carbocycles. The Bertz CT molecular complexity index is 2190. The molecule has 5 atom stereocenters. The number of aromatic nitrogens is 1. The molecule has 2 amide bonds. The quantitative estimate of drug-likeness (QED) is 0.145. The molecule has 1 aromatic heterocycles. The van der Waals surface area contributed by atoms with Crippen molar-refractivity contribution in [1.29, 1.82) is 0 Å². The number of amides is 2. The number of allylic oxidation sites excluding steroid dienone is 1. The van der Waals surface area contributed by atoms with Crippen LogP contribution in [-0.4, -0.2) is 83.7 Å². The standard InChI is InChI=1S/C43H48ClN3O9S/c1-24-17-31(48)37(41(52)43(24)42(53)38-32(54-2)20-33(55-3)39(44)40(38)56-43)29(26-12-14-28(57-4)15-13-26)19-34(49)45-16-7-5-6-10-35(50)46-21-25-18-27(23-46)30-9-8-11-36(51)47(30)22-25/h8-9,11-15,20,24-25,27,29,52H,5-7,10,16-19,21-23H2,1-4H3,(H,45,49). The van der Waals surface area contributed by atoms with E-state index in [1.807, 2.05) is 46.1 Å². The van der Waals surface area contributed by atoms with Crippen LogP contribution in [-0.2, 0) is 20.9 Å². The monoisotopic (exact) mass is 817 g/mol. The van der Waals surface area contributed by atoms with Crippen LogP contribution in [0, 0.1) is 11.8 Å². The van der Waals surface area contributed by atoms with Gasteiger partial charge in [0.25, 0.3) is 5.56 Å². The first-order chi connectivity index (χ1) is 27.4. The number of ether oxygens (including phenoxy) is 3. The minimum absolute atomic E-state index is 0.00689. The normalized spacial score (nSPS) is 22.8. The summed E-state index contributed by atoms with van der Waals surface area (Å²) in [6.45, 7) is 3.95. The molecule has 7 rings (SSSR count). The van der Waals surface area contributed by atoms with Crippen LogP contribution in [0.1, 0.15) is 85.3 Å². The zero-order valence-corrected chi connectivity index (χ0v) is 34.2. The molecule has 1 spiro atoms. The van der Waals surface area contributed by atoms with Crippen LogP contribution in [0.25, 0.3) is 0 Å². The summed E-state index contributed by atoms with van der Waals surface area (Å²) in [7, 11) is 2.81. The summed E-state index contributed by atoms with van der Waals surface area (Å²) >= 11 is 8.17. The SMILES string of the molecule is COc1cc(OC)c2c(c1Cl)OC1(C2=O)C(O)=C(C(CC(=O)NCCCCCC(=O)N2CC3CC(C2)c2cccc(=O)n2C3)c2ccc(SC)cc2)C(=O)CC1C. The van der Waals surface area contributed by atoms with Crippen LogP contribution in [0.3, 0.4) is 0 Å². The predicted molar refractivity (Wildman–Crippen MR) is 216 cm³/mol. The van der Waals surface area contributed by atoms with E-state index in [1.165, 1.54) is 20.3 Å². The van der Waals surface area contributed by atoms with Crippen LogP contribution in [0.4, 0.5) is 0 Å². The number of unbranched alkanes of at least 4 members (excludes halogenated alkanes) is 2. The molecule has 5 unspecified atom stereocenters. The van der Waals surface area contributed by atoms with E-state index in [0.29, 0.717) is 51.0 Å². The lowest BCUT2D eigenvalue weighted by Crippen LogP contribution is -2.53. The number of halogens is 1. The van der Waals surface area contributed by atoms with Crippen molar-refractivity contribution in [2.24, 2.45) is 11.8 Å². The van der Waals surface area contributed by atoms with Gasteiger partial charge in [0.05, 0.1) is 14.2 Å². The van der Waals surface area contributed by atoms with Crippen LogP contribution in [0.5, 0.6) is 17.2 Å². The molecule has 0 saturated carbocycles. The van der Waals surface area contributed by atoms with Crippen molar-refractivity contribution in [2.75, 3.05) is 40.1 Å². The Morgan fingerprint density at radius 2 is 1.79 bits per heavy atom. The van der Waals surface area contributed by atoms with Gasteiger partial charge in [-0.05, 0) is 55.2 Å². The minimum Gasteiger partial charge on any atom is -0.507 e. The van der Waals surface area contributed by atoms with Gasteiger partial charge in [-0.25, -0.2) is 0 Å². The molecular weight excluding hydrogens is 770 g/mol. The number of likely N-dealkylation sites (tertiary alicyclic amines) is 1. The van der Waals surface area contributed by atoms with Crippen molar-refractivity contribution < 1.29 is 38.5 Å². The smallest absolute Gasteiger partial charge is 0.250 e. The number of Topliss-reactive ketones (excluding diaryl/α,β-unsaturated/α-hetero) is 2. The van der Waals surface area contributed by atoms with Crippen molar-refractivity contribution in [1.82, 2.24) is 14.8 Å². The van der Waals surface area contributed by atoms with Gasteiger partial charge in [0.1, 0.15) is 22.1 Å². The minimum atomic E-state index is -1.98. The summed E-state index contributed by atoms with van der Waals surface area (Å²) in [5.41, 5.74) is -0.338. The first-order valence-electron chi connectivity index (χ1n) is 19.4. The van der Waals surface area contributed by atoms with Gasteiger partial charge < -0.3 is 34.1 Å². The third-order valence-corrected chi connectivity index (χ3v) is 13.1. The molecule has 2 aromatic carbocycles. The number of hydrogen-bond donors (Lipinski definition) is 2. The average Bonchev–Trinajstić information content (AvgIpc) is 3.52. The predicted octanol–water partition coefficient (Wildman–Crippen LogP) is 6.47. The second-order valence-electron chi connectivity index (χ2n) is 15.4. The molecule has 3 aromatic rings. The molecule has 4 heterocycles. The Morgan fingerprint density at radius 3 is 2.51 bits per heavy atom. The van der Waals surface area contributed by atoms with E-state index in [-0.39, 0.29) is 81.2 Å². The topological polar surface area (TPSA) is 153 Å². The number of aliphatic hydroxyl groups excluding tert-OH is 1. The van der Waals surface area contributed by atoms with Crippen molar-refractivity contribution in [3.8, 4) is 17.2 Å². The van der Waals surface area contributed by atoms with Crippen molar-refractivity contribution in [2.45, 2.75) is 80.7 Å². The summed E-state index contributed by atoms with van der Waals surface area (Å²) in [5, 5.41) is 15.2. The molecule has 1 fully saturated rings. The number of nitrogens with one attached hydrogen (secondary N) is 1. The highest BCUT2D eigenvalue weighted by atomic mass is 35.5. The number of pyridine rings is 1. The van der Waals surface area contributed by atoms with Crippen molar-refractivity contribution >= 4 is 46.7 Å². The molecular formula is C43H48ClN3O9S. The maximum absolute atomic E-state index is 14.4. The summed E-state index contributed by atoms with van der Waals surface area (Å²) in [6, 6.07) is 14.3. The number of carbonyl (C=O) groups is 4. The maximum Gasteiger partial charge on any atom is 0.250 e. The Hall–Kier alpha value is -4.75. The first-order valence-corrected chi connectivity index (χ1v) is 21.0. The Labute approximate surface area is 340 Å². The molecule has 14 heteroatoms. The van der Waals surface area contributed by atoms with E-state index >= 15 is 0 Å². The van der Waals surface area contributed by atoms with Crippen molar-refractivity contribution in [3.05, 3.63) is 92.1 Å². The van der Waals surface area contributed by atoms with Crippen LogP contribution in [0.2, 0.25) is 5.02 Å². The number of nitrogens with zero attached hydrogens (tertiary/aromatic N) is 2. The number of ketones is 2. The van der Waals surface area contributed by atoms with Gasteiger partial charge in [-0.2, -0.15) is 0 Å². The fraction of sp³-hybridized carbons (Fsp3) is 0.465. The molecule has 2 N–H and O–H groups in total. The highest BCUT2D eigenvalue weighted by Gasteiger charge is 2.61. The number of thioether (sulfide) groups is 1. The van der Waals surface area contributed by atoms with Crippen LogP contribution >= 0.6 is 23.4 Å². The second kappa shape index (κ2) is 16.6. The highest BCUT2D eigenvalue weighted by Crippen LogP contribution is 2.56. The number of benzene rings is 2. The Balaban J connectivity index is 1.02. The number of fused-ring (bicyclic) bond motifs is 5. The summed E-state index contributed by atoms with van der Waals surface area (Å²) in [6.07, 6.45) is 5.10. The molecule has 1 saturated heterocycles. The summed E-state index contributed by atoms with van der Waals surface area (Å²) < 4.78 is 19.1. The van der Waals surface area contributed by atoms with E-state index in [2.05, 4.69) is 5.32 Å². The number of hydrogen-bond acceptors (Lipinski definition) is 10. The number of methoxy groups -OCH3 is 2. The number of aliphatic hydroxyl groups is 1. The van der Waals surface area contributed by atoms with E-state index in [9.17, 15) is 29.1 Å². The van der Waals surface area contributed by atoms with Gasteiger partial charge in [-0.3, -0.25) is 24.0 Å². The van der Waals surface area contributed by atoms with E-state index in [0.717, 1.165) is 23.4 Å². The zero-order chi connectivity index (χ0) is 40.6. The molecule has 2 bridgehead atoms. The second-order valence-corrected chi connectivity index (χ2v) is 16.7. The number of rotatable bonds is 13. The third kappa shape index (κ3) is 7.44. The molecule has 12 nitrogen and oxygen atoms in total. The fourth-order valence-corrected chi connectivity index (χ4v) is 9.76. The van der Waals surface area contributed by atoms with Gasteiger partial charge in [-0.1, -0.05) is 43.1 Å². The molecule has 0 radical (unpaired) electrons. The third-order valence-electron chi connectivity index (χ3n) is 12.0. The van der Waals surface area contributed by atoms with E-state index < -0.39 is 29.0 Å². The lowest BCUT2D eigenvalue weighted by atomic mass is 9.69.